The number of hydrogen-bond acceptors (Lipinski definition) is 3. The van der Waals surface area contributed by atoms with Gasteiger partial charge in [-0.3, -0.25) is 4.79 Å². The van der Waals surface area contributed by atoms with Gasteiger partial charge in [-0.25, -0.2) is 4.79 Å². The fraction of sp³-hybridized carbons (Fsp3) is 0.500. The zero-order chi connectivity index (χ0) is 14.8. The Morgan fingerprint density at radius 1 is 1.25 bits per heavy atom. The van der Waals surface area contributed by atoms with Gasteiger partial charge in [0.15, 0.2) is 5.78 Å². The first-order valence-corrected chi connectivity index (χ1v) is 6.91. The lowest BCUT2D eigenvalue weighted by atomic mass is 10.1. The normalized spacial score (nSPS) is 21.1. The summed E-state index contributed by atoms with van der Waals surface area (Å²) in [6.45, 7) is 6.00. The van der Waals surface area contributed by atoms with E-state index in [2.05, 4.69) is 5.32 Å². The molecule has 108 valence electrons. The zero-order valence-corrected chi connectivity index (χ0v) is 12.2. The molecule has 4 heteroatoms. The van der Waals surface area contributed by atoms with Crippen molar-refractivity contribution in [1.82, 2.24) is 5.32 Å². The summed E-state index contributed by atoms with van der Waals surface area (Å²) in [5.41, 5.74) is 0.430. The van der Waals surface area contributed by atoms with Crippen LogP contribution in [0.15, 0.2) is 30.3 Å². The summed E-state index contributed by atoms with van der Waals surface area (Å²) < 4.78 is 5.16. The number of nitrogens with one attached hydrogen (secondary N) is 1. The lowest BCUT2D eigenvalue weighted by Gasteiger charge is -2.19. The van der Waals surface area contributed by atoms with E-state index in [4.69, 9.17) is 4.74 Å². The molecule has 1 aromatic rings. The van der Waals surface area contributed by atoms with E-state index in [1.165, 1.54) is 0 Å². The molecular formula is C16H21NO3. The molecule has 4 nitrogen and oxygen atoms in total. The summed E-state index contributed by atoms with van der Waals surface area (Å²) >= 11 is 0. The van der Waals surface area contributed by atoms with Crippen LogP contribution in [0.25, 0.3) is 0 Å². The third-order valence-corrected chi connectivity index (χ3v) is 3.22. The van der Waals surface area contributed by atoms with Crippen LogP contribution in [-0.4, -0.2) is 24.0 Å². The molecule has 20 heavy (non-hydrogen) atoms. The fourth-order valence-corrected chi connectivity index (χ4v) is 2.09. The van der Waals surface area contributed by atoms with Gasteiger partial charge < -0.3 is 10.1 Å². The number of Topliss-reactive ketones (excluding diaryl/α,β-unsaturated/α-hetero) is 1. The number of ether oxygens (including phenoxy) is 1. The number of amides is 1. The minimum absolute atomic E-state index is 0.000151. The van der Waals surface area contributed by atoms with Crippen molar-refractivity contribution in [2.75, 3.05) is 6.61 Å². The van der Waals surface area contributed by atoms with E-state index < -0.39 is 6.09 Å². The van der Waals surface area contributed by atoms with E-state index in [1.54, 1.807) is 0 Å². The molecule has 1 saturated carbocycles. The quantitative estimate of drug-likeness (QED) is 0.859. The Morgan fingerprint density at radius 2 is 1.90 bits per heavy atom. The molecule has 0 bridgehead atoms. The van der Waals surface area contributed by atoms with E-state index in [9.17, 15) is 9.59 Å². The second kappa shape index (κ2) is 5.65. The molecule has 0 spiro atoms. The SMILES string of the molecule is CC(C)(C)NC(=O)OCC1CC1C(=O)c1ccccc1. The maximum atomic E-state index is 12.1. The van der Waals surface area contributed by atoms with Crippen molar-refractivity contribution < 1.29 is 14.3 Å². The summed E-state index contributed by atoms with van der Waals surface area (Å²) in [6, 6.07) is 9.26. The Labute approximate surface area is 119 Å². The topological polar surface area (TPSA) is 55.4 Å². The van der Waals surface area contributed by atoms with E-state index in [1.807, 2.05) is 51.1 Å². The van der Waals surface area contributed by atoms with E-state index in [0.29, 0.717) is 6.61 Å². The average Bonchev–Trinajstić information content (AvgIpc) is 3.14. The molecule has 0 aromatic heterocycles. The zero-order valence-electron chi connectivity index (χ0n) is 12.2. The molecule has 1 fully saturated rings. The highest BCUT2D eigenvalue weighted by Gasteiger charge is 2.43. The maximum absolute atomic E-state index is 12.1. The number of rotatable bonds is 4. The van der Waals surface area contributed by atoms with Crippen LogP contribution < -0.4 is 5.32 Å². The molecule has 1 amide bonds. The number of alkyl carbamates (subject to hydrolysis) is 1. The molecule has 0 heterocycles. The number of benzene rings is 1. The number of carbonyl (C=O) groups excluding carboxylic acids is 2. The molecule has 1 aliphatic carbocycles. The third kappa shape index (κ3) is 4.08. The van der Waals surface area contributed by atoms with Gasteiger partial charge in [0.1, 0.15) is 0 Å². The largest absolute Gasteiger partial charge is 0.449 e. The van der Waals surface area contributed by atoms with Crippen molar-refractivity contribution in [3.05, 3.63) is 35.9 Å². The number of carbonyl (C=O) groups is 2. The van der Waals surface area contributed by atoms with Crippen LogP contribution in [0.2, 0.25) is 0 Å². The van der Waals surface area contributed by atoms with E-state index >= 15 is 0 Å². The molecule has 0 saturated heterocycles. The van der Waals surface area contributed by atoms with Crippen LogP contribution in [0.1, 0.15) is 37.6 Å². The van der Waals surface area contributed by atoms with Crippen LogP contribution in [0.3, 0.4) is 0 Å². The van der Waals surface area contributed by atoms with Crippen molar-refractivity contribution in [1.29, 1.82) is 0 Å². The first kappa shape index (κ1) is 14.6. The van der Waals surface area contributed by atoms with Crippen LogP contribution in [0, 0.1) is 11.8 Å². The molecule has 0 aliphatic heterocycles. The third-order valence-electron chi connectivity index (χ3n) is 3.22. The van der Waals surface area contributed by atoms with Crippen molar-refractivity contribution in [2.24, 2.45) is 11.8 Å². The highest BCUT2D eigenvalue weighted by atomic mass is 16.5. The van der Waals surface area contributed by atoms with Crippen molar-refractivity contribution in [2.45, 2.75) is 32.7 Å². The molecule has 1 aromatic carbocycles. The van der Waals surface area contributed by atoms with Gasteiger partial charge in [-0.15, -0.1) is 0 Å². The predicted molar refractivity (Wildman–Crippen MR) is 76.6 cm³/mol. The number of hydrogen-bond donors (Lipinski definition) is 1. The van der Waals surface area contributed by atoms with Crippen LogP contribution in [-0.2, 0) is 4.74 Å². The van der Waals surface area contributed by atoms with Crippen LogP contribution >= 0.6 is 0 Å². The molecule has 0 radical (unpaired) electrons. The standard InChI is InChI=1S/C16H21NO3/c1-16(2,3)17-15(19)20-10-12-9-13(12)14(18)11-7-5-4-6-8-11/h4-8,12-13H,9-10H2,1-3H3,(H,17,19). The lowest BCUT2D eigenvalue weighted by molar-refractivity contribution is 0.0940. The summed E-state index contributed by atoms with van der Waals surface area (Å²) in [7, 11) is 0. The summed E-state index contributed by atoms with van der Waals surface area (Å²) in [6.07, 6.45) is 0.381. The van der Waals surface area contributed by atoms with E-state index in [-0.39, 0.29) is 23.2 Å². The van der Waals surface area contributed by atoms with Gasteiger partial charge in [-0.1, -0.05) is 30.3 Å². The minimum Gasteiger partial charge on any atom is -0.449 e. The van der Waals surface area contributed by atoms with Crippen LogP contribution in [0.5, 0.6) is 0 Å². The van der Waals surface area contributed by atoms with Gasteiger partial charge in [0.2, 0.25) is 0 Å². The Balaban J connectivity index is 1.76. The Hall–Kier alpha value is -1.84. The maximum Gasteiger partial charge on any atom is 0.407 e. The first-order valence-electron chi connectivity index (χ1n) is 6.91. The van der Waals surface area contributed by atoms with Gasteiger partial charge in [-0.05, 0) is 27.2 Å². The second-order valence-electron chi connectivity index (χ2n) is 6.31. The smallest absolute Gasteiger partial charge is 0.407 e. The van der Waals surface area contributed by atoms with Gasteiger partial charge >= 0.3 is 6.09 Å². The fourth-order valence-electron chi connectivity index (χ4n) is 2.09. The predicted octanol–water partition coefficient (Wildman–Crippen LogP) is 3.03. The molecular weight excluding hydrogens is 254 g/mol. The van der Waals surface area contributed by atoms with Crippen LogP contribution in [0.4, 0.5) is 4.79 Å². The monoisotopic (exact) mass is 275 g/mol. The molecule has 2 atom stereocenters. The summed E-state index contributed by atoms with van der Waals surface area (Å²) in [5.74, 6) is 0.309. The minimum atomic E-state index is -0.421. The van der Waals surface area contributed by atoms with Gasteiger partial charge in [0.05, 0.1) is 6.61 Å². The summed E-state index contributed by atoms with van der Waals surface area (Å²) in [4.78, 5) is 23.7. The van der Waals surface area contributed by atoms with Crippen molar-refractivity contribution >= 4 is 11.9 Å². The Kier molecular flexibility index (Phi) is 4.12. The lowest BCUT2D eigenvalue weighted by Crippen LogP contribution is -2.41. The van der Waals surface area contributed by atoms with Gasteiger partial charge in [-0.2, -0.15) is 0 Å². The average molecular weight is 275 g/mol. The Bertz CT molecular complexity index is 490. The summed E-state index contributed by atoms with van der Waals surface area (Å²) in [5, 5.41) is 2.73. The van der Waals surface area contributed by atoms with Crippen molar-refractivity contribution in [3.63, 3.8) is 0 Å². The first-order chi connectivity index (χ1) is 9.37. The highest BCUT2D eigenvalue weighted by molar-refractivity contribution is 5.99. The van der Waals surface area contributed by atoms with Gasteiger partial charge in [0, 0.05) is 22.9 Å². The van der Waals surface area contributed by atoms with E-state index in [0.717, 1.165) is 12.0 Å². The van der Waals surface area contributed by atoms with Gasteiger partial charge in [0.25, 0.3) is 0 Å². The van der Waals surface area contributed by atoms with Crippen molar-refractivity contribution in [3.8, 4) is 0 Å². The highest BCUT2D eigenvalue weighted by Crippen LogP contribution is 2.41. The molecule has 2 rings (SSSR count). The Morgan fingerprint density at radius 3 is 2.50 bits per heavy atom. The second-order valence-corrected chi connectivity index (χ2v) is 6.31. The molecule has 1 aliphatic rings. The molecule has 1 N–H and O–H groups in total. The number of ketones is 1. The molecule has 2 unspecified atom stereocenters.